The molecule has 8 heavy (non-hydrogen) atoms. The Morgan fingerprint density at radius 2 is 2.25 bits per heavy atom. The van der Waals surface area contributed by atoms with Gasteiger partial charge >= 0.3 is 0 Å². The van der Waals surface area contributed by atoms with Gasteiger partial charge in [0, 0.05) is 0 Å². The quantitative estimate of drug-likeness (QED) is 0.502. The van der Waals surface area contributed by atoms with Gasteiger partial charge in [0.1, 0.15) is 6.10 Å². The van der Waals surface area contributed by atoms with E-state index in [0.717, 1.165) is 0 Å². The molecule has 0 bridgehead atoms. The zero-order valence-corrected chi connectivity index (χ0v) is 5.22. The Labute approximate surface area is 52.4 Å². The van der Waals surface area contributed by atoms with E-state index in [1.807, 2.05) is 0 Å². The van der Waals surface area contributed by atoms with Crippen LogP contribution >= 0.6 is 11.6 Å². The van der Waals surface area contributed by atoms with Gasteiger partial charge in [-0.15, -0.1) is 11.6 Å². The second kappa shape index (κ2) is 2.89. The summed E-state index contributed by atoms with van der Waals surface area (Å²) in [6, 6.07) is 0. The van der Waals surface area contributed by atoms with E-state index in [-0.39, 0.29) is 0 Å². The largest absolute Gasteiger partial charge is 0.382 e. The molecule has 0 radical (unpaired) electrons. The fourth-order valence-electron chi connectivity index (χ4n) is 0.226. The Balaban J connectivity index is 3.64. The molecule has 48 valence electrons. The molecular weight excluding hydrogens is 130 g/mol. The third-order valence-electron chi connectivity index (χ3n) is 0.727. The number of carbonyl (C=O) groups is 1. The molecule has 4 heteroatoms. The number of hydrogen-bond donors (Lipinski definition) is 2. The summed E-state index contributed by atoms with van der Waals surface area (Å²) in [5, 5.41) is 7.99. The molecule has 0 saturated carbocycles. The number of aliphatic hydroxyl groups is 1. The van der Waals surface area contributed by atoms with Crippen molar-refractivity contribution in [1.82, 2.24) is 0 Å². The molecule has 0 saturated heterocycles. The molecule has 0 spiro atoms. The van der Waals surface area contributed by atoms with E-state index < -0.39 is 17.4 Å². The van der Waals surface area contributed by atoms with Crippen LogP contribution in [0.4, 0.5) is 0 Å². The zero-order chi connectivity index (χ0) is 6.73. The van der Waals surface area contributed by atoms with Crippen molar-refractivity contribution in [1.29, 1.82) is 0 Å². The minimum atomic E-state index is -1.23. The average Bonchev–Trinajstić information content (AvgIpc) is 1.64. The lowest BCUT2D eigenvalue weighted by Crippen LogP contribution is -2.34. The molecule has 0 aromatic heterocycles. The molecular formula is C4H8ClNO2. The predicted molar refractivity (Wildman–Crippen MR) is 30.5 cm³/mol. The van der Waals surface area contributed by atoms with E-state index in [0.29, 0.717) is 0 Å². The SMILES string of the molecule is C[C@H](Cl)[C@H](O)C(N)=O. The van der Waals surface area contributed by atoms with Gasteiger partial charge in [-0.05, 0) is 6.92 Å². The van der Waals surface area contributed by atoms with Crippen LogP contribution in [-0.2, 0) is 4.79 Å². The molecule has 0 heterocycles. The molecule has 3 nitrogen and oxygen atoms in total. The first-order valence-corrected chi connectivity index (χ1v) is 2.61. The highest BCUT2D eigenvalue weighted by Gasteiger charge is 2.15. The zero-order valence-electron chi connectivity index (χ0n) is 4.47. The summed E-state index contributed by atoms with van der Waals surface area (Å²) < 4.78 is 0. The minimum Gasteiger partial charge on any atom is -0.382 e. The van der Waals surface area contributed by atoms with Crippen molar-refractivity contribution in [3.63, 3.8) is 0 Å². The molecule has 0 aromatic rings. The Kier molecular flexibility index (Phi) is 2.79. The third kappa shape index (κ3) is 2.14. The van der Waals surface area contributed by atoms with Crippen molar-refractivity contribution in [2.24, 2.45) is 5.73 Å². The summed E-state index contributed by atoms with van der Waals surface area (Å²) in [6.45, 7) is 1.50. The molecule has 0 unspecified atom stereocenters. The average molecular weight is 138 g/mol. The van der Waals surface area contributed by atoms with Crippen molar-refractivity contribution in [2.75, 3.05) is 0 Å². The molecule has 0 aliphatic carbocycles. The smallest absolute Gasteiger partial charge is 0.247 e. The molecule has 0 aromatic carbocycles. The summed E-state index contributed by atoms with van der Waals surface area (Å²) in [4.78, 5) is 10.0. The van der Waals surface area contributed by atoms with Gasteiger partial charge in [-0.1, -0.05) is 0 Å². The van der Waals surface area contributed by atoms with Crippen molar-refractivity contribution >= 4 is 17.5 Å². The van der Waals surface area contributed by atoms with Crippen LogP contribution in [0.2, 0.25) is 0 Å². The van der Waals surface area contributed by atoms with Gasteiger partial charge in [-0.25, -0.2) is 0 Å². The van der Waals surface area contributed by atoms with Gasteiger partial charge in [0.15, 0.2) is 0 Å². The van der Waals surface area contributed by atoms with Gasteiger partial charge in [-0.3, -0.25) is 4.79 Å². The molecule has 0 rings (SSSR count). The second-order valence-corrected chi connectivity index (χ2v) is 2.21. The van der Waals surface area contributed by atoms with Crippen LogP contribution in [0, 0.1) is 0 Å². The fourth-order valence-corrected chi connectivity index (χ4v) is 0.351. The molecule has 1 amide bonds. The van der Waals surface area contributed by atoms with Crippen LogP contribution in [0.3, 0.4) is 0 Å². The van der Waals surface area contributed by atoms with Crippen molar-refractivity contribution in [2.45, 2.75) is 18.4 Å². The number of amides is 1. The van der Waals surface area contributed by atoms with Gasteiger partial charge < -0.3 is 10.8 Å². The Morgan fingerprint density at radius 1 is 1.88 bits per heavy atom. The first-order chi connectivity index (χ1) is 3.55. The maximum Gasteiger partial charge on any atom is 0.247 e. The van der Waals surface area contributed by atoms with Gasteiger partial charge in [-0.2, -0.15) is 0 Å². The number of hydrogen-bond acceptors (Lipinski definition) is 2. The van der Waals surface area contributed by atoms with E-state index in [1.165, 1.54) is 6.92 Å². The number of halogens is 1. The van der Waals surface area contributed by atoms with Crippen LogP contribution in [0.1, 0.15) is 6.92 Å². The van der Waals surface area contributed by atoms with E-state index in [9.17, 15) is 4.79 Å². The van der Waals surface area contributed by atoms with E-state index in [1.54, 1.807) is 0 Å². The highest BCUT2D eigenvalue weighted by atomic mass is 35.5. The lowest BCUT2D eigenvalue weighted by molar-refractivity contribution is -0.125. The summed E-state index contributed by atoms with van der Waals surface area (Å²) >= 11 is 5.27. The number of nitrogens with two attached hydrogens (primary N) is 1. The second-order valence-electron chi connectivity index (χ2n) is 1.52. The van der Waals surface area contributed by atoms with E-state index in [4.69, 9.17) is 16.7 Å². The molecule has 0 aliphatic rings. The standard InChI is InChI=1S/C4H8ClNO2/c1-2(5)3(7)4(6)8/h2-3,7H,1H3,(H2,6,8)/t2-,3-/m0/s1. The third-order valence-corrected chi connectivity index (χ3v) is 0.965. The summed E-state index contributed by atoms with van der Waals surface area (Å²) in [5.74, 6) is -0.785. The van der Waals surface area contributed by atoms with Gasteiger partial charge in [0.2, 0.25) is 5.91 Å². The normalized spacial score (nSPS) is 17.4. The number of alkyl halides is 1. The summed E-state index contributed by atoms with van der Waals surface area (Å²) in [7, 11) is 0. The highest BCUT2D eigenvalue weighted by Crippen LogP contribution is 1.98. The lowest BCUT2D eigenvalue weighted by atomic mass is 10.3. The Hall–Kier alpha value is -0.280. The number of primary amides is 1. The maximum absolute atomic E-state index is 10.0. The van der Waals surface area contributed by atoms with Gasteiger partial charge in [0.05, 0.1) is 5.38 Å². The van der Waals surface area contributed by atoms with Crippen LogP contribution in [0.25, 0.3) is 0 Å². The summed E-state index contributed by atoms with van der Waals surface area (Å²) in [6.07, 6.45) is -1.23. The van der Waals surface area contributed by atoms with E-state index in [2.05, 4.69) is 5.73 Å². The highest BCUT2D eigenvalue weighted by molar-refractivity contribution is 6.22. The first kappa shape index (κ1) is 7.72. The van der Waals surface area contributed by atoms with Crippen LogP contribution in [0.15, 0.2) is 0 Å². The molecule has 0 fully saturated rings. The molecule has 0 aliphatic heterocycles. The van der Waals surface area contributed by atoms with Crippen molar-refractivity contribution in [3.8, 4) is 0 Å². The molecule has 3 N–H and O–H groups in total. The predicted octanol–water partition coefficient (Wildman–Crippen LogP) is -0.540. The van der Waals surface area contributed by atoms with Crippen molar-refractivity contribution in [3.05, 3.63) is 0 Å². The fraction of sp³-hybridized carbons (Fsp3) is 0.750. The monoisotopic (exact) mass is 137 g/mol. The van der Waals surface area contributed by atoms with Crippen molar-refractivity contribution < 1.29 is 9.90 Å². The summed E-state index contributed by atoms with van der Waals surface area (Å²) in [5.41, 5.74) is 4.66. The minimum absolute atomic E-state index is 0.604. The van der Waals surface area contributed by atoms with Crippen LogP contribution < -0.4 is 5.73 Å². The Bertz CT molecular complexity index is 94.0. The number of carbonyl (C=O) groups excluding carboxylic acids is 1. The molecule has 2 atom stereocenters. The number of aliphatic hydroxyl groups excluding tert-OH is 1. The maximum atomic E-state index is 10.0. The van der Waals surface area contributed by atoms with Crippen LogP contribution in [0.5, 0.6) is 0 Å². The topological polar surface area (TPSA) is 63.3 Å². The van der Waals surface area contributed by atoms with E-state index >= 15 is 0 Å². The van der Waals surface area contributed by atoms with Gasteiger partial charge in [0.25, 0.3) is 0 Å². The van der Waals surface area contributed by atoms with Crippen LogP contribution in [-0.4, -0.2) is 22.5 Å². The lowest BCUT2D eigenvalue weighted by Gasteiger charge is -2.05. The number of rotatable bonds is 2. The first-order valence-electron chi connectivity index (χ1n) is 2.17. The Morgan fingerprint density at radius 3 is 2.25 bits per heavy atom.